The van der Waals surface area contributed by atoms with Crippen LogP contribution in [-0.4, -0.2) is 17.6 Å². The number of hydrogen-bond acceptors (Lipinski definition) is 4. The second kappa shape index (κ2) is 5.86. The summed E-state index contributed by atoms with van der Waals surface area (Å²) in [5.41, 5.74) is 1.29. The Labute approximate surface area is 94.9 Å². The lowest BCUT2D eigenvalue weighted by atomic mass is 10.0. The van der Waals surface area contributed by atoms with Gasteiger partial charge < -0.3 is 4.74 Å². The number of rotatable bonds is 4. The van der Waals surface area contributed by atoms with Crippen LogP contribution in [0.5, 0.6) is 0 Å². The van der Waals surface area contributed by atoms with E-state index in [1.807, 2.05) is 13.0 Å². The Hall–Kier alpha value is -1.89. The van der Waals surface area contributed by atoms with Gasteiger partial charge in [0.05, 0.1) is 12.5 Å². The summed E-state index contributed by atoms with van der Waals surface area (Å²) in [5, 5.41) is 8.69. The highest BCUT2D eigenvalue weighted by molar-refractivity contribution is 5.72. The van der Waals surface area contributed by atoms with Gasteiger partial charge in [-0.25, -0.2) is 4.98 Å². The van der Waals surface area contributed by atoms with Crippen molar-refractivity contribution in [1.82, 2.24) is 4.98 Å². The maximum Gasteiger partial charge on any atom is 0.308 e. The highest BCUT2D eigenvalue weighted by Gasteiger charge is 2.14. The summed E-state index contributed by atoms with van der Waals surface area (Å²) in [6, 6.07) is 5.46. The molecule has 4 heteroatoms. The van der Waals surface area contributed by atoms with Crippen LogP contribution in [0.4, 0.5) is 0 Å². The number of hydrogen-bond donors (Lipinski definition) is 0. The van der Waals surface area contributed by atoms with Crippen LogP contribution in [0.15, 0.2) is 18.3 Å². The zero-order chi connectivity index (χ0) is 12.0. The molecule has 84 valence electrons. The molecule has 0 radical (unpaired) electrons. The maximum absolute atomic E-state index is 11.4. The first-order valence-electron chi connectivity index (χ1n) is 5.19. The van der Waals surface area contributed by atoms with Gasteiger partial charge >= 0.3 is 5.97 Å². The molecule has 1 aromatic rings. The third kappa shape index (κ3) is 3.35. The molecule has 1 rings (SSSR count). The summed E-state index contributed by atoms with van der Waals surface area (Å²) in [6.07, 6.45) is 2.14. The van der Waals surface area contributed by atoms with Crippen LogP contribution in [0.1, 0.15) is 25.1 Å². The average Bonchev–Trinajstić information content (AvgIpc) is 2.29. The van der Waals surface area contributed by atoms with Gasteiger partial charge in [0.25, 0.3) is 0 Å². The van der Waals surface area contributed by atoms with Crippen molar-refractivity contribution in [1.29, 1.82) is 5.26 Å². The van der Waals surface area contributed by atoms with Crippen molar-refractivity contribution >= 4 is 5.97 Å². The number of aromatic nitrogens is 1. The summed E-state index contributed by atoms with van der Waals surface area (Å²) >= 11 is 0. The Morgan fingerprint density at radius 2 is 2.44 bits per heavy atom. The van der Waals surface area contributed by atoms with E-state index in [9.17, 15) is 4.79 Å². The number of carbonyl (C=O) groups is 1. The molecule has 0 aromatic carbocycles. The molecule has 0 fully saturated rings. The molecule has 0 spiro atoms. The van der Waals surface area contributed by atoms with Crippen molar-refractivity contribution < 1.29 is 9.53 Å². The summed E-state index contributed by atoms with van der Waals surface area (Å²) in [4.78, 5) is 15.3. The van der Waals surface area contributed by atoms with E-state index in [0.717, 1.165) is 5.56 Å². The summed E-state index contributed by atoms with van der Waals surface area (Å²) in [6.45, 7) is 3.98. The molecule has 1 atom stereocenters. The highest BCUT2D eigenvalue weighted by atomic mass is 16.5. The molecule has 0 saturated carbocycles. The number of nitriles is 1. The number of pyridine rings is 1. The Morgan fingerprint density at radius 3 is 3.06 bits per heavy atom. The van der Waals surface area contributed by atoms with E-state index in [2.05, 4.69) is 4.98 Å². The lowest BCUT2D eigenvalue weighted by Gasteiger charge is -2.10. The van der Waals surface area contributed by atoms with Crippen molar-refractivity contribution in [3.63, 3.8) is 0 Å². The molecule has 4 nitrogen and oxygen atoms in total. The van der Waals surface area contributed by atoms with Crippen LogP contribution in [0.25, 0.3) is 0 Å². The topological polar surface area (TPSA) is 63.0 Å². The molecule has 1 aromatic heterocycles. The van der Waals surface area contributed by atoms with Crippen LogP contribution >= 0.6 is 0 Å². The fourth-order valence-electron chi connectivity index (χ4n) is 1.38. The van der Waals surface area contributed by atoms with E-state index in [1.165, 1.54) is 0 Å². The van der Waals surface area contributed by atoms with E-state index in [1.54, 1.807) is 25.3 Å². The van der Waals surface area contributed by atoms with Crippen molar-refractivity contribution in [3.8, 4) is 6.07 Å². The standard InChI is InChI=1S/C12H14N2O2/c1-3-16-12(15)9(2)6-10-4-5-14-11(7-10)8-13/h4-5,7,9H,3,6H2,1-2H3. The second-order valence-electron chi connectivity index (χ2n) is 3.52. The van der Waals surface area contributed by atoms with E-state index in [-0.39, 0.29) is 11.9 Å². The third-order valence-electron chi connectivity index (χ3n) is 2.17. The quantitative estimate of drug-likeness (QED) is 0.721. The molecule has 0 saturated heterocycles. The van der Waals surface area contributed by atoms with Gasteiger partial charge in [-0.15, -0.1) is 0 Å². The molecule has 0 N–H and O–H groups in total. The molecular formula is C12H14N2O2. The first kappa shape index (κ1) is 12.2. The van der Waals surface area contributed by atoms with E-state index < -0.39 is 0 Å². The lowest BCUT2D eigenvalue weighted by molar-refractivity contribution is -0.147. The average molecular weight is 218 g/mol. The predicted molar refractivity (Wildman–Crippen MR) is 58.5 cm³/mol. The molecule has 1 heterocycles. The first-order valence-corrected chi connectivity index (χ1v) is 5.19. The van der Waals surface area contributed by atoms with Gasteiger partial charge in [-0.2, -0.15) is 5.26 Å². The second-order valence-corrected chi connectivity index (χ2v) is 3.52. The molecule has 16 heavy (non-hydrogen) atoms. The monoisotopic (exact) mass is 218 g/mol. The predicted octanol–water partition coefficient (Wildman–Crippen LogP) is 1.69. The normalized spacial score (nSPS) is 11.6. The third-order valence-corrected chi connectivity index (χ3v) is 2.17. The van der Waals surface area contributed by atoms with E-state index in [4.69, 9.17) is 10.00 Å². The molecule has 0 aliphatic heterocycles. The van der Waals surface area contributed by atoms with Crippen LogP contribution < -0.4 is 0 Å². The first-order chi connectivity index (χ1) is 7.67. The summed E-state index contributed by atoms with van der Waals surface area (Å²) in [7, 11) is 0. The Kier molecular flexibility index (Phi) is 4.46. The highest BCUT2D eigenvalue weighted by Crippen LogP contribution is 2.10. The number of ether oxygens (including phenoxy) is 1. The van der Waals surface area contributed by atoms with E-state index >= 15 is 0 Å². The van der Waals surface area contributed by atoms with Gasteiger partial charge in [-0.1, -0.05) is 6.92 Å². The maximum atomic E-state index is 11.4. The van der Waals surface area contributed by atoms with Gasteiger partial charge in [0.2, 0.25) is 0 Å². The van der Waals surface area contributed by atoms with Gasteiger partial charge in [-0.3, -0.25) is 4.79 Å². The molecular weight excluding hydrogens is 204 g/mol. The molecule has 1 unspecified atom stereocenters. The van der Waals surface area contributed by atoms with Crippen molar-refractivity contribution in [2.45, 2.75) is 20.3 Å². The minimum atomic E-state index is -0.210. The Balaban J connectivity index is 2.66. The molecule has 0 bridgehead atoms. The Bertz CT molecular complexity index is 410. The molecule has 0 aliphatic carbocycles. The minimum Gasteiger partial charge on any atom is -0.466 e. The van der Waals surface area contributed by atoms with Gasteiger partial charge in [-0.05, 0) is 31.0 Å². The number of nitrogens with zero attached hydrogens (tertiary/aromatic N) is 2. The number of carbonyl (C=O) groups excluding carboxylic acids is 1. The van der Waals surface area contributed by atoms with Gasteiger partial charge in [0.15, 0.2) is 0 Å². The SMILES string of the molecule is CCOC(=O)C(C)Cc1ccnc(C#N)c1. The zero-order valence-electron chi connectivity index (χ0n) is 9.43. The summed E-state index contributed by atoms with van der Waals surface area (Å²) < 4.78 is 4.91. The van der Waals surface area contributed by atoms with Crippen molar-refractivity contribution in [2.24, 2.45) is 5.92 Å². The smallest absolute Gasteiger partial charge is 0.308 e. The van der Waals surface area contributed by atoms with Crippen molar-refractivity contribution in [2.75, 3.05) is 6.61 Å². The van der Waals surface area contributed by atoms with Crippen LogP contribution in [0, 0.1) is 17.2 Å². The van der Waals surface area contributed by atoms with Gasteiger partial charge in [0.1, 0.15) is 11.8 Å². The van der Waals surface area contributed by atoms with E-state index in [0.29, 0.717) is 18.7 Å². The van der Waals surface area contributed by atoms with Gasteiger partial charge in [0, 0.05) is 6.20 Å². The minimum absolute atomic E-state index is 0.200. The van der Waals surface area contributed by atoms with Crippen LogP contribution in [0.2, 0.25) is 0 Å². The molecule has 0 amide bonds. The largest absolute Gasteiger partial charge is 0.466 e. The van der Waals surface area contributed by atoms with Crippen LogP contribution in [0.3, 0.4) is 0 Å². The fraction of sp³-hybridized carbons (Fsp3) is 0.417. The Morgan fingerprint density at radius 1 is 1.69 bits per heavy atom. The fourth-order valence-corrected chi connectivity index (χ4v) is 1.38. The zero-order valence-corrected chi connectivity index (χ0v) is 9.43. The van der Waals surface area contributed by atoms with Crippen LogP contribution in [-0.2, 0) is 16.0 Å². The number of esters is 1. The lowest BCUT2D eigenvalue weighted by Crippen LogP contribution is -2.16. The molecule has 0 aliphatic rings. The summed E-state index contributed by atoms with van der Waals surface area (Å²) in [5.74, 6) is -0.410. The van der Waals surface area contributed by atoms with Crippen molar-refractivity contribution in [3.05, 3.63) is 29.6 Å².